The highest BCUT2D eigenvalue weighted by Crippen LogP contribution is 2.57. The van der Waals surface area contributed by atoms with E-state index in [0.29, 0.717) is 17.5 Å². The van der Waals surface area contributed by atoms with Gasteiger partial charge in [-0.2, -0.15) is 0 Å². The van der Waals surface area contributed by atoms with E-state index >= 15 is 0 Å². The molecule has 33 heavy (non-hydrogen) atoms. The molecule has 2 aliphatic rings. The minimum absolute atomic E-state index is 0.359. The molecule has 0 N–H and O–H groups in total. The van der Waals surface area contributed by atoms with E-state index < -0.39 is 5.72 Å². The smallest absolute Gasteiger partial charge is 0.251 e. The van der Waals surface area contributed by atoms with E-state index in [0.717, 1.165) is 27.7 Å². The van der Waals surface area contributed by atoms with Gasteiger partial charge in [0.2, 0.25) is 11.6 Å². The molecule has 0 saturated heterocycles. The number of aliphatic imine (C=N–C) groups is 1. The third-order valence-electron chi connectivity index (χ3n) is 7.45. The molecule has 0 bridgehead atoms. The number of benzene rings is 3. The maximum absolute atomic E-state index is 7.04. The van der Waals surface area contributed by atoms with Gasteiger partial charge in [0.25, 0.3) is 5.89 Å². The number of aromatic nitrogens is 2. The number of aryl methyl sites for hydroxylation is 2. The van der Waals surface area contributed by atoms with Gasteiger partial charge >= 0.3 is 0 Å². The van der Waals surface area contributed by atoms with Gasteiger partial charge in [-0.1, -0.05) is 30.3 Å². The van der Waals surface area contributed by atoms with Crippen LogP contribution in [0.1, 0.15) is 36.4 Å². The summed E-state index contributed by atoms with van der Waals surface area (Å²) in [4.78, 5) is 7.26. The van der Waals surface area contributed by atoms with Crippen molar-refractivity contribution in [1.82, 2.24) is 10.2 Å². The van der Waals surface area contributed by atoms with Crippen molar-refractivity contribution in [3.8, 4) is 17.2 Å². The summed E-state index contributed by atoms with van der Waals surface area (Å²) in [6.45, 7) is 10.6. The number of hydrogen-bond donors (Lipinski definition) is 0. The van der Waals surface area contributed by atoms with Crippen LogP contribution in [-0.4, -0.2) is 29.2 Å². The van der Waals surface area contributed by atoms with Gasteiger partial charge in [-0.3, -0.25) is 4.99 Å². The summed E-state index contributed by atoms with van der Waals surface area (Å²) in [6, 6.07) is 14.6. The number of anilines is 1. The Morgan fingerprint density at radius 2 is 1.76 bits per heavy atom. The Hall–Kier alpha value is -3.67. The zero-order chi connectivity index (χ0) is 23.1. The molecule has 4 aromatic rings. The lowest BCUT2D eigenvalue weighted by Gasteiger charge is -2.45. The van der Waals surface area contributed by atoms with Gasteiger partial charge in [-0.15, -0.1) is 10.2 Å². The van der Waals surface area contributed by atoms with E-state index in [2.05, 4.69) is 80.2 Å². The van der Waals surface area contributed by atoms with Crippen molar-refractivity contribution in [1.29, 1.82) is 0 Å². The van der Waals surface area contributed by atoms with Crippen molar-refractivity contribution in [2.45, 2.75) is 45.8 Å². The first kappa shape index (κ1) is 20.0. The second-order valence-electron chi connectivity index (χ2n) is 9.59. The first-order valence-electron chi connectivity index (χ1n) is 11.2. The fourth-order valence-electron chi connectivity index (χ4n) is 5.53. The summed E-state index contributed by atoms with van der Waals surface area (Å²) in [5.74, 6) is 1.62. The average molecular weight is 439 g/mol. The van der Waals surface area contributed by atoms with Gasteiger partial charge in [0.15, 0.2) is 5.75 Å². The number of rotatable bonds is 1. The van der Waals surface area contributed by atoms with E-state index in [1.165, 1.54) is 16.7 Å². The van der Waals surface area contributed by atoms with Crippen molar-refractivity contribution in [3.05, 3.63) is 65.0 Å². The molecule has 6 rings (SSSR count). The summed E-state index contributed by atoms with van der Waals surface area (Å²) in [6.07, 6.45) is 1.97. The van der Waals surface area contributed by atoms with Crippen molar-refractivity contribution in [2.75, 3.05) is 11.9 Å². The van der Waals surface area contributed by atoms with E-state index in [1.807, 2.05) is 18.3 Å². The molecule has 0 fully saturated rings. The molecule has 0 aliphatic carbocycles. The first-order chi connectivity index (χ1) is 15.7. The maximum atomic E-state index is 7.04. The molecule has 0 amide bonds. The van der Waals surface area contributed by atoms with Crippen LogP contribution in [0.2, 0.25) is 0 Å². The largest absolute Gasteiger partial charge is 0.459 e. The lowest BCUT2D eigenvalue weighted by molar-refractivity contribution is 0.0828. The fraction of sp³-hybridized carbons (Fsp3) is 0.296. The first-order valence-corrected chi connectivity index (χ1v) is 11.2. The topological polar surface area (TPSA) is 63.8 Å². The van der Waals surface area contributed by atoms with Gasteiger partial charge in [-0.05, 0) is 61.9 Å². The fourth-order valence-corrected chi connectivity index (χ4v) is 5.53. The Morgan fingerprint density at radius 1 is 0.970 bits per heavy atom. The van der Waals surface area contributed by atoms with Gasteiger partial charge in [-0.25, -0.2) is 0 Å². The molecule has 6 nitrogen and oxygen atoms in total. The van der Waals surface area contributed by atoms with Crippen molar-refractivity contribution < 1.29 is 9.15 Å². The average Bonchev–Trinajstić information content (AvgIpc) is 3.30. The molecule has 0 radical (unpaired) electrons. The normalized spacial score (nSPS) is 20.2. The van der Waals surface area contributed by atoms with E-state index in [9.17, 15) is 0 Å². The highest BCUT2D eigenvalue weighted by Gasteiger charge is 2.59. The van der Waals surface area contributed by atoms with Crippen LogP contribution in [-0.2, 0) is 5.41 Å². The van der Waals surface area contributed by atoms with Crippen LogP contribution in [0, 0.1) is 20.8 Å². The van der Waals surface area contributed by atoms with Crippen LogP contribution < -0.4 is 9.64 Å². The van der Waals surface area contributed by atoms with E-state index in [-0.39, 0.29) is 5.41 Å². The van der Waals surface area contributed by atoms with Crippen LogP contribution in [0.4, 0.5) is 11.4 Å². The molecule has 2 aliphatic heterocycles. The molecule has 6 heteroatoms. The molecular weight excluding hydrogens is 412 g/mol. The van der Waals surface area contributed by atoms with Gasteiger partial charge in [0.05, 0.1) is 17.2 Å². The van der Waals surface area contributed by atoms with Gasteiger partial charge in [0, 0.05) is 25.0 Å². The second kappa shape index (κ2) is 6.44. The standard InChI is InChI=1S/C27H26N4O2/c1-15-11-12-21-22(16(15)2)26(4,5)27(31(21)6)14-28-23-19-10-8-7-9-18(19)13-20(24(23)33-27)25-30-29-17(3)32-25/h7-14H,1-6H3. The lowest BCUT2D eigenvalue weighted by atomic mass is 9.75. The van der Waals surface area contributed by atoms with Crippen LogP contribution in [0.25, 0.3) is 22.2 Å². The van der Waals surface area contributed by atoms with E-state index in [4.69, 9.17) is 14.1 Å². The highest BCUT2D eigenvalue weighted by atomic mass is 16.5. The van der Waals surface area contributed by atoms with Crippen LogP contribution in [0.3, 0.4) is 0 Å². The molecule has 3 aromatic carbocycles. The Morgan fingerprint density at radius 3 is 2.52 bits per heavy atom. The van der Waals surface area contributed by atoms with Gasteiger partial charge in [0.1, 0.15) is 5.69 Å². The van der Waals surface area contributed by atoms with Crippen LogP contribution in [0.5, 0.6) is 5.75 Å². The number of nitrogens with zero attached hydrogens (tertiary/aromatic N) is 4. The molecule has 1 atom stereocenters. The van der Waals surface area contributed by atoms with Crippen LogP contribution >= 0.6 is 0 Å². The molecule has 1 aromatic heterocycles. The molecule has 166 valence electrons. The monoisotopic (exact) mass is 438 g/mol. The third kappa shape index (κ3) is 2.46. The zero-order valence-corrected chi connectivity index (χ0v) is 19.7. The minimum atomic E-state index is -0.798. The van der Waals surface area contributed by atoms with Crippen molar-refractivity contribution >= 4 is 28.4 Å². The maximum Gasteiger partial charge on any atom is 0.251 e. The summed E-state index contributed by atoms with van der Waals surface area (Å²) in [5, 5.41) is 10.4. The molecule has 1 unspecified atom stereocenters. The number of hydrogen-bond acceptors (Lipinski definition) is 6. The van der Waals surface area contributed by atoms with Crippen molar-refractivity contribution in [3.63, 3.8) is 0 Å². The number of fused-ring (bicyclic) bond motifs is 4. The van der Waals surface area contributed by atoms with E-state index in [1.54, 1.807) is 6.92 Å². The summed E-state index contributed by atoms with van der Waals surface area (Å²) < 4.78 is 12.9. The molecular formula is C27H26N4O2. The number of ether oxygens (including phenoxy) is 1. The Labute approximate surface area is 192 Å². The SMILES string of the molecule is Cc1nnc(-c2cc3ccccc3c3c2OC2(C=N3)N(C)c3ccc(C)c(C)c3C2(C)C)o1. The summed E-state index contributed by atoms with van der Waals surface area (Å²) in [7, 11) is 2.08. The Bertz CT molecular complexity index is 1480. The molecule has 3 heterocycles. The molecule has 1 spiro atoms. The Balaban J connectivity index is 1.63. The quantitative estimate of drug-likeness (QED) is 0.363. The lowest BCUT2D eigenvalue weighted by Crippen LogP contribution is -2.61. The predicted octanol–water partition coefficient (Wildman–Crippen LogP) is 6.03. The summed E-state index contributed by atoms with van der Waals surface area (Å²) >= 11 is 0. The molecule has 0 saturated carbocycles. The van der Waals surface area contributed by atoms with Crippen molar-refractivity contribution in [2.24, 2.45) is 4.99 Å². The minimum Gasteiger partial charge on any atom is -0.459 e. The van der Waals surface area contributed by atoms with Crippen LogP contribution in [0.15, 0.2) is 51.9 Å². The predicted molar refractivity (Wildman–Crippen MR) is 131 cm³/mol. The second-order valence-corrected chi connectivity index (χ2v) is 9.59. The highest BCUT2D eigenvalue weighted by molar-refractivity contribution is 6.03. The Kier molecular flexibility index (Phi) is 3.90. The van der Waals surface area contributed by atoms with Gasteiger partial charge < -0.3 is 14.1 Å². The third-order valence-corrected chi connectivity index (χ3v) is 7.45. The summed E-state index contributed by atoms with van der Waals surface area (Å²) in [5.41, 5.74) is 5.40. The zero-order valence-electron chi connectivity index (χ0n) is 19.7. The number of likely N-dealkylation sites (N-methyl/N-ethyl adjacent to an activating group) is 1.